The van der Waals surface area contributed by atoms with Gasteiger partial charge in [-0.15, -0.1) is 0 Å². The van der Waals surface area contributed by atoms with Crippen LogP contribution in [-0.4, -0.2) is 67.7 Å². The molecule has 0 unspecified atom stereocenters. The lowest BCUT2D eigenvalue weighted by Crippen LogP contribution is -2.37. The largest absolute Gasteiger partial charge is 0.493 e. The molecule has 2 aliphatic heterocycles. The van der Waals surface area contributed by atoms with Crippen molar-refractivity contribution < 1.29 is 14.3 Å². The quantitative estimate of drug-likeness (QED) is 0.776. The van der Waals surface area contributed by atoms with Gasteiger partial charge in [-0.05, 0) is 50.1 Å². The summed E-state index contributed by atoms with van der Waals surface area (Å²) >= 11 is 5.85. The molecule has 6 heteroatoms. The second-order valence-electron chi connectivity index (χ2n) is 6.72. The zero-order valence-corrected chi connectivity index (χ0v) is 15.4. The smallest absolute Gasteiger partial charge is 0.226 e. The first kappa shape index (κ1) is 18.5. The molecule has 1 atom stereocenters. The molecule has 0 bridgehead atoms. The van der Waals surface area contributed by atoms with Gasteiger partial charge in [0.2, 0.25) is 5.91 Å². The van der Waals surface area contributed by atoms with Crippen molar-refractivity contribution in [2.45, 2.75) is 31.8 Å². The second kappa shape index (κ2) is 9.41. The maximum absolute atomic E-state index is 12.4. The van der Waals surface area contributed by atoms with E-state index in [0.29, 0.717) is 24.2 Å². The SMILES string of the molecule is O=C(CCOc1ccc(Cl)cc1)N1CCCN(C[C@@H]2CCCO2)CC1. The first-order chi connectivity index (χ1) is 12.2. The van der Waals surface area contributed by atoms with Gasteiger partial charge in [-0.2, -0.15) is 0 Å². The summed E-state index contributed by atoms with van der Waals surface area (Å²) in [5, 5.41) is 0.681. The Morgan fingerprint density at radius 1 is 1.16 bits per heavy atom. The van der Waals surface area contributed by atoms with Crippen LogP contribution in [0.15, 0.2) is 24.3 Å². The van der Waals surface area contributed by atoms with Crippen LogP contribution >= 0.6 is 11.6 Å². The molecule has 0 saturated carbocycles. The fourth-order valence-corrected chi connectivity index (χ4v) is 3.55. The normalized spacial score (nSPS) is 22.0. The number of benzene rings is 1. The Bertz CT molecular complexity index is 546. The Morgan fingerprint density at radius 2 is 2.00 bits per heavy atom. The fraction of sp³-hybridized carbons (Fsp3) is 0.632. The van der Waals surface area contributed by atoms with E-state index in [9.17, 15) is 4.79 Å². The topological polar surface area (TPSA) is 42.0 Å². The van der Waals surface area contributed by atoms with Gasteiger partial charge in [-0.25, -0.2) is 0 Å². The molecule has 0 aromatic heterocycles. The summed E-state index contributed by atoms with van der Waals surface area (Å²) in [5.74, 6) is 0.920. The number of hydrogen-bond donors (Lipinski definition) is 0. The van der Waals surface area contributed by atoms with Crippen LogP contribution in [0.3, 0.4) is 0 Å². The Labute approximate surface area is 154 Å². The van der Waals surface area contributed by atoms with E-state index in [2.05, 4.69) is 4.90 Å². The Hall–Kier alpha value is -1.30. The third-order valence-electron chi connectivity index (χ3n) is 4.83. The highest BCUT2D eigenvalue weighted by Crippen LogP contribution is 2.16. The number of amides is 1. The van der Waals surface area contributed by atoms with Crippen LogP contribution in [0.5, 0.6) is 5.75 Å². The van der Waals surface area contributed by atoms with Gasteiger partial charge >= 0.3 is 0 Å². The van der Waals surface area contributed by atoms with Gasteiger partial charge in [0.1, 0.15) is 5.75 Å². The standard InChI is InChI=1S/C19H27ClN2O3/c20-16-4-6-17(7-5-16)25-14-8-19(23)22-10-2-9-21(11-12-22)15-18-3-1-13-24-18/h4-7,18H,1-3,8-15H2/t18-/m0/s1. The lowest BCUT2D eigenvalue weighted by molar-refractivity contribution is -0.131. The third kappa shape index (κ3) is 5.87. The predicted octanol–water partition coefficient (Wildman–Crippen LogP) is 2.82. The lowest BCUT2D eigenvalue weighted by atomic mass is 10.2. The highest BCUT2D eigenvalue weighted by molar-refractivity contribution is 6.30. The molecule has 1 amide bonds. The van der Waals surface area contributed by atoms with Crippen molar-refractivity contribution in [2.24, 2.45) is 0 Å². The second-order valence-corrected chi connectivity index (χ2v) is 7.16. The van der Waals surface area contributed by atoms with E-state index < -0.39 is 0 Å². The number of carbonyl (C=O) groups excluding carboxylic acids is 1. The van der Waals surface area contributed by atoms with Gasteiger partial charge in [0, 0.05) is 37.8 Å². The Morgan fingerprint density at radius 3 is 2.76 bits per heavy atom. The average molecular weight is 367 g/mol. The van der Waals surface area contributed by atoms with Gasteiger partial charge in [-0.3, -0.25) is 9.69 Å². The monoisotopic (exact) mass is 366 g/mol. The van der Waals surface area contributed by atoms with Crippen molar-refractivity contribution in [1.29, 1.82) is 0 Å². The zero-order valence-electron chi connectivity index (χ0n) is 14.7. The zero-order chi connectivity index (χ0) is 17.5. The maximum Gasteiger partial charge on any atom is 0.226 e. The molecular weight excluding hydrogens is 340 g/mol. The molecule has 25 heavy (non-hydrogen) atoms. The number of carbonyl (C=O) groups is 1. The first-order valence-electron chi connectivity index (χ1n) is 9.21. The van der Waals surface area contributed by atoms with E-state index in [0.717, 1.165) is 51.5 Å². The molecule has 5 nitrogen and oxygen atoms in total. The van der Waals surface area contributed by atoms with Crippen LogP contribution in [0.1, 0.15) is 25.7 Å². The number of ether oxygens (including phenoxy) is 2. The van der Waals surface area contributed by atoms with Crippen LogP contribution in [0.25, 0.3) is 0 Å². The molecule has 3 rings (SSSR count). The van der Waals surface area contributed by atoms with Crippen molar-refractivity contribution >= 4 is 17.5 Å². The molecule has 2 fully saturated rings. The summed E-state index contributed by atoms with van der Waals surface area (Å²) in [6.07, 6.45) is 4.16. The third-order valence-corrected chi connectivity index (χ3v) is 5.08. The minimum absolute atomic E-state index is 0.174. The van der Waals surface area contributed by atoms with Gasteiger partial charge in [-0.1, -0.05) is 11.6 Å². The Balaban J connectivity index is 1.37. The van der Waals surface area contributed by atoms with E-state index in [4.69, 9.17) is 21.1 Å². The molecule has 1 aromatic carbocycles. The first-order valence-corrected chi connectivity index (χ1v) is 9.58. The fourth-order valence-electron chi connectivity index (χ4n) is 3.42. The number of halogens is 1. The molecule has 0 radical (unpaired) electrons. The van der Waals surface area contributed by atoms with Crippen molar-refractivity contribution in [2.75, 3.05) is 45.9 Å². The summed E-state index contributed by atoms with van der Waals surface area (Å²) < 4.78 is 11.4. The highest BCUT2D eigenvalue weighted by atomic mass is 35.5. The average Bonchev–Trinajstić information content (AvgIpc) is 3.01. The summed E-state index contributed by atoms with van der Waals surface area (Å²) in [7, 11) is 0. The van der Waals surface area contributed by atoms with Gasteiger partial charge in [0.25, 0.3) is 0 Å². The summed E-state index contributed by atoms with van der Waals surface area (Å²) in [4.78, 5) is 16.8. The molecule has 0 N–H and O–H groups in total. The molecule has 0 spiro atoms. The lowest BCUT2D eigenvalue weighted by Gasteiger charge is -2.24. The Kier molecular flexibility index (Phi) is 6.96. The summed E-state index contributed by atoms with van der Waals surface area (Å²) in [5.41, 5.74) is 0. The summed E-state index contributed by atoms with van der Waals surface area (Å²) in [6, 6.07) is 7.22. The van der Waals surface area contributed by atoms with E-state index in [1.54, 1.807) is 12.1 Å². The van der Waals surface area contributed by atoms with Gasteiger partial charge in [0.15, 0.2) is 0 Å². The molecule has 0 aliphatic carbocycles. The molecular formula is C19H27ClN2O3. The number of nitrogens with zero attached hydrogens (tertiary/aromatic N) is 2. The van der Waals surface area contributed by atoms with E-state index in [1.807, 2.05) is 17.0 Å². The minimum atomic E-state index is 0.174. The molecule has 2 heterocycles. The predicted molar refractivity (Wildman–Crippen MR) is 98.2 cm³/mol. The molecule has 138 valence electrons. The van der Waals surface area contributed by atoms with Crippen molar-refractivity contribution in [3.63, 3.8) is 0 Å². The van der Waals surface area contributed by atoms with Gasteiger partial charge < -0.3 is 14.4 Å². The van der Waals surface area contributed by atoms with Gasteiger partial charge in [0.05, 0.1) is 19.1 Å². The maximum atomic E-state index is 12.4. The van der Waals surface area contributed by atoms with Crippen molar-refractivity contribution in [3.05, 3.63) is 29.3 Å². The molecule has 1 aromatic rings. The van der Waals surface area contributed by atoms with Crippen molar-refractivity contribution in [1.82, 2.24) is 9.80 Å². The van der Waals surface area contributed by atoms with Crippen LogP contribution < -0.4 is 4.74 Å². The number of hydrogen-bond acceptors (Lipinski definition) is 4. The van der Waals surface area contributed by atoms with E-state index >= 15 is 0 Å². The minimum Gasteiger partial charge on any atom is -0.493 e. The van der Waals surface area contributed by atoms with E-state index in [1.165, 1.54) is 12.8 Å². The van der Waals surface area contributed by atoms with Crippen molar-refractivity contribution in [3.8, 4) is 5.75 Å². The van der Waals surface area contributed by atoms with Crippen LogP contribution in [0.4, 0.5) is 0 Å². The highest BCUT2D eigenvalue weighted by Gasteiger charge is 2.23. The van der Waals surface area contributed by atoms with Crippen LogP contribution in [0, 0.1) is 0 Å². The molecule has 2 aliphatic rings. The van der Waals surface area contributed by atoms with Crippen LogP contribution in [-0.2, 0) is 9.53 Å². The van der Waals surface area contributed by atoms with Crippen LogP contribution in [0.2, 0.25) is 5.02 Å². The molecule has 2 saturated heterocycles. The van der Waals surface area contributed by atoms with E-state index in [-0.39, 0.29) is 5.91 Å². The number of rotatable bonds is 6. The summed E-state index contributed by atoms with van der Waals surface area (Å²) in [6.45, 7) is 5.91.